The molecule has 4 heteroatoms. The van der Waals surface area contributed by atoms with Crippen LogP contribution < -0.4 is 5.32 Å². The monoisotopic (exact) mass is 299 g/mol. The Labute approximate surface area is 124 Å². The van der Waals surface area contributed by atoms with Crippen LogP contribution in [-0.4, -0.2) is 18.3 Å². The molecule has 1 saturated carbocycles. The molecular formula is C16H23F2NS. The molecule has 1 aromatic carbocycles. The minimum absolute atomic E-state index is 0.422. The van der Waals surface area contributed by atoms with Crippen LogP contribution in [0.2, 0.25) is 0 Å². The molecule has 0 spiro atoms. The Kier molecular flexibility index (Phi) is 5.44. The maximum atomic E-state index is 13.3. The SMILES string of the molecule is CNC1CCC(C(C)C)CC1Sc1ccc(F)c(F)c1. The first-order valence-corrected chi connectivity index (χ1v) is 8.18. The Bertz CT molecular complexity index is 450. The summed E-state index contributed by atoms with van der Waals surface area (Å²) >= 11 is 1.67. The van der Waals surface area contributed by atoms with E-state index in [4.69, 9.17) is 0 Å². The lowest BCUT2D eigenvalue weighted by Gasteiger charge is -2.37. The molecule has 0 bridgehead atoms. The van der Waals surface area contributed by atoms with Gasteiger partial charge in [0, 0.05) is 16.2 Å². The van der Waals surface area contributed by atoms with Gasteiger partial charge in [-0.1, -0.05) is 13.8 Å². The fourth-order valence-corrected chi connectivity index (χ4v) is 4.40. The van der Waals surface area contributed by atoms with E-state index in [2.05, 4.69) is 19.2 Å². The highest BCUT2D eigenvalue weighted by Gasteiger charge is 2.31. The number of thioether (sulfide) groups is 1. The Hall–Kier alpha value is -0.610. The predicted molar refractivity (Wildman–Crippen MR) is 81.0 cm³/mol. The highest BCUT2D eigenvalue weighted by Crippen LogP contribution is 2.39. The van der Waals surface area contributed by atoms with Gasteiger partial charge in [-0.2, -0.15) is 0 Å². The van der Waals surface area contributed by atoms with Crippen LogP contribution in [0.3, 0.4) is 0 Å². The normalized spacial score (nSPS) is 27.0. The van der Waals surface area contributed by atoms with Crippen molar-refractivity contribution in [1.29, 1.82) is 0 Å². The Morgan fingerprint density at radius 3 is 2.55 bits per heavy atom. The summed E-state index contributed by atoms with van der Waals surface area (Å²) in [5.41, 5.74) is 0. The van der Waals surface area contributed by atoms with E-state index >= 15 is 0 Å². The number of nitrogens with one attached hydrogen (secondary N) is 1. The molecule has 1 fully saturated rings. The van der Waals surface area contributed by atoms with Gasteiger partial charge in [0.15, 0.2) is 11.6 Å². The Morgan fingerprint density at radius 2 is 1.95 bits per heavy atom. The van der Waals surface area contributed by atoms with Gasteiger partial charge >= 0.3 is 0 Å². The molecule has 0 amide bonds. The molecule has 1 nitrogen and oxygen atoms in total. The molecule has 0 saturated heterocycles. The van der Waals surface area contributed by atoms with Crippen LogP contribution in [0.4, 0.5) is 8.78 Å². The van der Waals surface area contributed by atoms with E-state index in [1.807, 2.05) is 7.05 Å². The Balaban J connectivity index is 2.09. The van der Waals surface area contributed by atoms with Gasteiger partial charge in [0.25, 0.3) is 0 Å². The maximum absolute atomic E-state index is 13.3. The van der Waals surface area contributed by atoms with Crippen molar-refractivity contribution >= 4 is 11.8 Å². The van der Waals surface area contributed by atoms with Gasteiger partial charge in [0.1, 0.15) is 0 Å². The second-order valence-corrected chi connectivity index (χ2v) is 7.26. The van der Waals surface area contributed by atoms with E-state index in [1.54, 1.807) is 17.8 Å². The van der Waals surface area contributed by atoms with Crippen LogP contribution in [0.15, 0.2) is 23.1 Å². The first kappa shape index (κ1) is 15.8. The van der Waals surface area contributed by atoms with E-state index in [9.17, 15) is 8.78 Å². The number of hydrogen-bond acceptors (Lipinski definition) is 2. The fraction of sp³-hybridized carbons (Fsp3) is 0.625. The number of rotatable bonds is 4. The van der Waals surface area contributed by atoms with Crippen molar-refractivity contribution in [2.45, 2.75) is 49.3 Å². The smallest absolute Gasteiger partial charge is 0.159 e. The van der Waals surface area contributed by atoms with E-state index in [1.165, 1.54) is 18.6 Å². The lowest BCUT2D eigenvalue weighted by Crippen LogP contribution is -2.41. The molecule has 1 aliphatic carbocycles. The third-order valence-electron chi connectivity index (χ3n) is 4.32. The summed E-state index contributed by atoms with van der Waals surface area (Å²) in [6.07, 6.45) is 3.53. The molecular weight excluding hydrogens is 276 g/mol. The number of halogens is 2. The lowest BCUT2D eigenvalue weighted by atomic mass is 9.79. The largest absolute Gasteiger partial charge is 0.316 e. The van der Waals surface area contributed by atoms with Gasteiger partial charge < -0.3 is 5.32 Å². The van der Waals surface area contributed by atoms with Crippen LogP contribution in [0.1, 0.15) is 33.1 Å². The van der Waals surface area contributed by atoms with E-state index in [-0.39, 0.29) is 0 Å². The molecule has 1 aromatic rings. The average Bonchev–Trinajstić information content (AvgIpc) is 2.42. The van der Waals surface area contributed by atoms with Gasteiger partial charge in [-0.15, -0.1) is 11.8 Å². The van der Waals surface area contributed by atoms with Gasteiger partial charge in [-0.25, -0.2) is 8.78 Å². The molecule has 0 radical (unpaired) electrons. The van der Waals surface area contributed by atoms with E-state index in [0.29, 0.717) is 17.2 Å². The summed E-state index contributed by atoms with van der Waals surface area (Å²) in [5, 5.41) is 3.79. The maximum Gasteiger partial charge on any atom is 0.159 e. The zero-order chi connectivity index (χ0) is 14.7. The second kappa shape index (κ2) is 6.90. The highest BCUT2D eigenvalue weighted by atomic mass is 32.2. The first-order chi connectivity index (χ1) is 9.51. The summed E-state index contributed by atoms with van der Waals surface area (Å²) in [4.78, 5) is 0.818. The summed E-state index contributed by atoms with van der Waals surface area (Å²) in [5.74, 6) is -0.126. The molecule has 20 heavy (non-hydrogen) atoms. The topological polar surface area (TPSA) is 12.0 Å². The third-order valence-corrected chi connectivity index (χ3v) is 5.67. The quantitative estimate of drug-likeness (QED) is 0.880. The van der Waals surface area contributed by atoms with Gasteiger partial charge in [-0.3, -0.25) is 0 Å². The Morgan fingerprint density at radius 1 is 1.20 bits per heavy atom. The zero-order valence-electron chi connectivity index (χ0n) is 12.3. The van der Waals surface area contributed by atoms with Crippen molar-refractivity contribution in [3.05, 3.63) is 29.8 Å². The number of benzene rings is 1. The van der Waals surface area contributed by atoms with Gasteiger partial charge in [0.2, 0.25) is 0 Å². The van der Waals surface area contributed by atoms with Crippen LogP contribution in [0.5, 0.6) is 0 Å². The van der Waals surface area contributed by atoms with E-state index in [0.717, 1.165) is 23.7 Å². The average molecular weight is 299 g/mol. The number of hydrogen-bond donors (Lipinski definition) is 1. The van der Waals surface area contributed by atoms with Gasteiger partial charge in [-0.05, 0) is 56.3 Å². The standard InChI is InChI=1S/C16H23F2NS/c1-10(2)11-4-7-15(19-3)16(8-11)20-12-5-6-13(17)14(18)9-12/h5-6,9-11,15-16,19H,4,7-8H2,1-3H3. The molecule has 1 N–H and O–H groups in total. The molecule has 1 aliphatic rings. The molecule has 2 rings (SSSR count). The second-order valence-electron chi connectivity index (χ2n) is 5.94. The molecule has 0 aromatic heterocycles. The molecule has 3 atom stereocenters. The van der Waals surface area contributed by atoms with Crippen LogP contribution >= 0.6 is 11.8 Å². The fourth-order valence-electron chi connectivity index (χ4n) is 2.95. The van der Waals surface area contributed by atoms with Crippen LogP contribution in [-0.2, 0) is 0 Å². The van der Waals surface area contributed by atoms with Gasteiger partial charge in [0.05, 0.1) is 0 Å². The molecule has 112 valence electrons. The predicted octanol–water partition coefficient (Wildman–Crippen LogP) is 4.47. The molecule has 0 heterocycles. The van der Waals surface area contributed by atoms with Crippen LogP contribution in [0.25, 0.3) is 0 Å². The van der Waals surface area contributed by atoms with Crippen molar-refractivity contribution in [2.24, 2.45) is 11.8 Å². The minimum Gasteiger partial charge on any atom is -0.316 e. The third kappa shape index (κ3) is 3.73. The van der Waals surface area contributed by atoms with Crippen molar-refractivity contribution in [3.63, 3.8) is 0 Å². The molecule has 0 aliphatic heterocycles. The lowest BCUT2D eigenvalue weighted by molar-refractivity contribution is 0.251. The minimum atomic E-state index is -0.775. The van der Waals surface area contributed by atoms with Crippen LogP contribution in [0, 0.1) is 23.5 Å². The van der Waals surface area contributed by atoms with Crippen molar-refractivity contribution < 1.29 is 8.78 Å². The summed E-state index contributed by atoms with van der Waals surface area (Å²) < 4.78 is 26.3. The first-order valence-electron chi connectivity index (χ1n) is 7.30. The summed E-state index contributed by atoms with van der Waals surface area (Å²) in [6, 6.07) is 4.65. The summed E-state index contributed by atoms with van der Waals surface area (Å²) in [6.45, 7) is 4.54. The van der Waals surface area contributed by atoms with Crippen molar-refractivity contribution in [3.8, 4) is 0 Å². The zero-order valence-corrected chi connectivity index (χ0v) is 13.1. The van der Waals surface area contributed by atoms with E-state index < -0.39 is 11.6 Å². The molecule has 3 unspecified atom stereocenters. The van der Waals surface area contributed by atoms with Crippen molar-refractivity contribution in [1.82, 2.24) is 5.32 Å². The van der Waals surface area contributed by atoms with Crippen molar-refractivity contribution in [2.75, 3.05) is 7.05 Å². The summed E-state index contributed by atoms with van der Waals surface area (Å²) in [7, 11) is 1.99. The highest BCUT2D eigenvalue weighted by molar-refractivity contribution is 8.00.